The van der Waals surface area contributed by atoms with E-state index in [4.69, 9.17) is 17.3 Å². The van der Waals surface area contributed by atoms with Gasteiger partial charge in [0, 0.05) is 0 Å². The molecule has 2 heteroatoms. The summed E-state index contributed by atoms with van der Waals surface area (Å²) >= 11 is 6.19. The smallest absolute Gasteiger partial charge is 0.0641 e. The van der Waals surface area contributed by atoms with Crippen LogP contribution in [-0.2, 0) is 19.3 Å². The molecule has 1 nitrogen and oxygen atoms in total. The SMILES string of the molecule is CCc1cc(CC)c(-c2ccc(N)c(Cl)c2)c(CC)c1. The minimum Gasteiger partial charge on any atom is -0.398 e. The third-order valence-corrected chi connectivity index (χ3v) is 4.15. The number of rotatable bonds is 4. The predicted molar refractivity (Wildman–Crippen MR) is 89.4 cm³/mol. The second-order valence-corrected chi connectivity index (χ2v) is 5.49. The van der Waals surface area contributed by atoms with Gasteiger partial charge in [-0.3, -0.25) is 0 Å². The van der Waals surface area contributed by atoms with E-state index in [0.717, 1.165) is 19.3 Å². The zero-order valence-corrected chi connectivity index (χ0v) is 13.2. The number of aryl methyl sites for hydroxylation is 3. The van der Waals surface area contributed by atoms with Crippen LogP contribution >= 0.6 is 11.6 Å². The average molecular weight is 288 g/mol. The average Bonchev–Trinajstić information content (AvgIpc) is 2.48. The molecule has 0 heterocycles. The Morgan fingerprint density at radius 2 is 1.50 bits per heavy atom. The van der Waals surface area contributed by atoms with Gasteiger partial charge in [0.1, 0.15) is 0 Å². The lowest BCUT2D eigenvalue weighted by Crippen LogP contribution is -1.98. The first-order valence-electron chi connectivity index (χ1n) is 7.30. The van der Waals surface area contributed by atoms with Crippen LogP contribution in [0.2, 0.25) is 5.02 Å². The molecule has 0 aromatic heterocycles. The molecule has 0 radical (unpaired) electrons. The molecule has 0 aliphatic heterocycles. The zero-order chi connectivity index (χ0) is 14.7. The van der Waals surface area contributed by atoms with Gasteiger partial charge >= 0.3 is 0 Å². The molecule has 2 N–H and O–H groups in total. The fourth-order valence-corrected chi connectivity index (χ4v) is 2.84. The number of nitrogens with two attached hydrogens (primary N) is 1. The fraction of sp³-hybridized carbons (Fsp3) is 0.333. The summed E-state index contributed by atoms with van der Waals surface area (Å²) in [7, 11) is 0. The molecule has 0 fully saturated rings. The van der Waals surface area contributed by atoms with E-state index in [9.17, 15) is 0 Å². The molecular formula is C18H22ClN. The standard InChI is InChI=1S/C18H22ClN/c1-4-12-9-13(5-2)18(14(6-3)10-12)15-7-8-17(20)16(19)11-15/h7-11H,4-6,20H2,1-3H3. The van der Waals surface area contributed by atoms with Gasteiger partial charge in [-0.15, -0.1) is 0 Å². The van der Waals surface area contributed by atoms with E-state index in [1.54, 1.807) is 0 Å². The molecule has 0 saturated heterocycles. The van der Waals surface area contributed by atoms with E-state index in [1.807, 2.05) is 12.1 Å². The second-order valence-electron chi connectivity index (χ2n) is 5.09. The highest BCUT2D eigenvalue weighted by Crippen LogP contribution is 2.33. The molecule has 0 bridgehead atoms. The van der Waals surface area contributed by atoms with Crippen LogP contribution in [0.4, 0.5) is 5.69 Å². The Balaban J connectivity index is 2.67. The fourth-order valence-electron chi connectivity index (χ4n) is 2.66. The van der Waals surface area contributed by atoms with Crippen LogP contribution in [0.5, 0.6) is 0 Å². The van der Waals surface area contributed by atoms with Crippen molar-refractivity contribution < 1.29 is 0 Å². The van der Waals surface area contributed by atoms with Gasteiger partial charge in [-0.05, 0) is 59.2 Å². The molecule has 106 valence electrons. The van der Waals surface area contributed by atoms with Crippen LogP contribution in [0, 0.1) is 0 Å². The molecule has 0 saturated carbocycles. The van der Waals surface area contributed by atoms with Gasteiger partial charge in [-0.25, -0.2) is 0 Å². The molecule has 0 unspecified atom stereocenters. The topological polar surface area (TPSA) is 26.0 Å². The van der Waals surface area contributed by atoms with Crippen molar-refractivity contribution in [2.75, 3.05) is 5.73 Å². The van der Waals surface area contributed by atoms with Gasteiger partial charge in [-0.1, -0.05) is 50.6 Å². The molecule has 0 aliphatic rings. The Labute approximate surface area is 126 Å². The molecule has 0 atom stereocenters. The van der Waals surface area contributed by atoms with E-state index < -0.39 is 0 Å². The summed E-state index contributed by atoms with van der Waals surface area (Å²) in [5, 5.41) is 0.631. The summed E-state index contributed by atoms with van der Waals surface area (Å²) in [6.07, 6.45) is 3.12. The summed E-state index contributed by atoms with van der Waals surface area (Å²) in [5.74, 6) is 0. The highest BCUT2D eigenvalue weighted by atomic mass is 35.5. The number of benzene rings is 2. The summed E-state index contributed by atoms with van der Waals surface area (Å²) < 4.78 is 0. The Kier molecular flexibility index (Phi) is 4.72. The van der Waals surface area contributed by atoms with Crippen molar-refractivity contribution in [1.82, 2.24) is 0 Å². The summed E-state index contributed by atoms with van der Waals surface area (Å²) in [5.41, 5.74) is 13.1. The van der Waals surface area contributed by atoms with E-state index in [-0.39, 0.29) is 0 Å². The van der Waals surface area contributed by atoms with Gasteiger partial charge in [0.25, 0.3) is 0 Å². The first-order valence-corrected chi connectivity index (χ1v) is 7.68. The van der Waals surface area contributed by atoms with Crippen molar-refractivity contribution >= 4 is 17.3 Å². The molecule has 0 aliphatic carbocycles. The van der Waals surface area contributed by atoms with Gasteiger partial charge in [0.15, 0.2) is 0 Å². The van der Waals surface area contributed by atoms with Crippen molar-refractivity contribution in [2.24, 2.45) is 0 Å². The minimum atomic E-state index is 0.631. The van der Waals surface area contributed by atoms with Crippen molar-refractivity contribution in [2.45, 2.75) is 40.0 Å². The van der Waals surface area contributed by atoms with E-state index >= 15 is 0 Å². The lowest BCUT2D eigenvalue weighted by atomic mass is 9.89. The van der Waals surface area contributed by atoms with Gasteiger partial charge in [0.05, 0.1) is 10.7 Å². The highest BCUT2D eigenvalue weighted by molar-refractivity contribution is 6.33. The van der Waals surface area contributed by atoms with Gasteiger partial charge in [0.2, 0.25) is 0 Å². The largest absolute Gasteiger partial charge is 0.398 e. The molecule has 2 rings (SSSR count). The van der Waals surface area contributed by atoms with Gasteiger partial charge < -0.3 is 5.73 Å². The monoisotopic (exact) mass is 287 g/mol. The van der Waals surface area contributed by atoms with Crippen LogP contribution in [0.25, 0.3) is 11.1 Å². The van der Waals surface area contributed by atoms with Crippen LogP contribution in [-0.4, -0.2) is 0 Å². The van der Waals surface area contributed by atoms with Crippen molar-refractivity contribution in [3.05, 3.63) is 52.0 Å². The normalized spacial score (nSPS) is 10.8. The first-order chi connectivity index (χ1) is 9.60. The maximum atomic E-state index is 6.19. The van der Waals surface area contributed by atoms with Crippen molar-refractivity contribution in [3.63, 3.8) is 0 Å². The summed E-state index contributed by atoms with van der Waals surface area (Å²) in [4.78, 5) is 0. The Bertz CT molecular complexity index is 592. The molecule has 2 aromatic carbocycles. The Hall–Kier alpha value is -1.47. The highest BCUT2D eigenvalue weighted by Gasteiger charge is 2.12. The third-order valence-electron chi connectivity index (χ3n) is 3.82. The minimum absolute atomic E-state index is 0.631. The number of nitrogen functional groups attached to an aromatic ring is 1. The number of halogens is 1. The second kappa shape index (κ2) is 6.32. The Morgan fingerprint density at radius 1 is 0.900 bits per heavy atom. The van der Waals surface area contributed by atoms with Crippen LogP contribution in [0.3, 0.4) is 0 Å². The van der Waals surface area contributed by atoms with Crippen LogP contribution in [0.1, 0.15) is 37.5 Å². The molecular weight excluding hydrogens is 266 g/mol. The van der Waals surface area contributed by atoms with Crippen LogP contribution < -0.4 is 5.73 Å². The lowest BCUT2D eigenvalue weighted by Gasteiger charge is -2.16. The Morgan fingerprint density at radius 3 is 1.95 bits per heavy atom. The maximum absolute atomic E-state index is 6.19. The molecule has 20 heavy (non-hydrogen) atoms. The lowest BCUT2D eigenvalue weighted by molar-refractivity contribution is 1.05. The summed E-state index contributed by atoms with van der Waals surface area (Å²) in [6, 6.07) is 10.6. The predicted octanol–water partition coefficient (Wildman–Crippen LogP) is 5.28. The van der Waals surface area contributed by atoms with E-state index in [1.165, 1.54) is 27.8 Å². The van der Waals surface area contributed by atoms with E-state index in [2.05, 4.69) is 39.0 Å². The number of hydrogen-bond acceptors (Lipinski definition) is 1. The van der Waals surface area contributed by atoms with Gasteiger partial charge in [-0.2, -0.15) is 0 Å². The van der Waals surface area contributed by atoms with Crippen molar-refractivity contribution in [1.29, 1.82) is 0 Å². The van der Waals surface area contributed by atoms with Crippen LogP contribution in [0.15, 0.2) is 30.3 Å². The maximum Gasteiger partial charge on any atom is 0.0641 e. The van der Waals surface area contributed by atoms with E-state index in [0.29, 0.717) is 10.7 Å². The number of hydrogen-bond donors (Lipinski definition) is 1. The van der Waals surface area contributed by atoms with Crippen molar-refractivity contribution in [3.8, 4) is 11.1 Å². The molecule has 0 amide bonds. The zero-order valence-electron chi connectivity index (χ0n) is 12.5. The summed E-state index contributed by atoms with van der Waals surface area (Å²) in [6.45, 7) is 6.61. The number of anilines is 1. The quantitative estimate of drug-likeness (QED) is 0.761. The first kappa shape index (κ1) is 14.9. The molecule has 0 spiro atoms. The third kappa shape index (κ3) is 2.83. The molecule has 2 aromatic rings.